The van der Waals surface area contributed by atoms with Crippen LogP contribution in [0.4, 0.5) is 0 Å². The third-order valence-corrected chi connectivity index (χ3v) is 7.06. The topological polar surface area (TPSA) is 15.3 Å². The van der Waals surface area contributed by atoms with Gasteiger partial charge in [-0.2, -0.15) is 0 Å². The molecule has 3 aliphatic carbocycles. The first-order valence-electron chi connectivity index (χ1n) is 9.00. The quantitative estimate of drug-likeness (QED) is 0.833. The zero-order chi connectivity index (χ0) is 14.1. The number of hydrogen-bond acceptors (Lipinski definition) is 2. The molecular formula is C18H32N2. The molecule has 20 heavy (non-hydrogen) atoms. The Hall–Kier alpha value is -0.0800. The first-order valence-corrected chi connectivity index (χ1v) is 9.00. The second-order valence-corrected chi connectivity index (χ2v) is 9.06. The minimum Gasteiger partial charge on any atom is -0.311 e. The summed E-state index contributed by atoms with van der Waals surface area (Å²) in [6.07, 6.45) is 5.99. The Morgan fingerprint density at radius 2 is 1.75 bits per heavy atom. The maximum atomic E-state index is 3.83. The van der Waals surface area contributed by atoms with E-state index >= 15 is 0 Å². The van der Waals surface area contributed by atoms with E-state index in [9.17, 15) is 0 Å². The number of piperazine rings is 1. The lowest BCUT2D eigenvalue weighted by atomic mass is 9.84. The predicted molar refractivity (Wildman–Crippen MR) is 83.6 cm³/mol. The van der Waals surface area contributed by atoms with Crippen LogP contribution in [-0.4, -0.2) is 36.1 Å². The standard InChI is InChI=1S/C18H32N2/c1-5-13-9-19-14(18(2,3)4)10-20(13)17-15-11-6-7-12(8-11)16(15)17/h11-17,19H,5-10H2,1-4H3. The summed E-state index contributed by atoms with van der Waals surface area (Å²) in [7, 11) is 0. The molecular weight excluding hydrogens is 244 g/mol. The maximum absolute atomic E-state index is 3.83. The van der Waals surface area contributed by atoms with E-state index in [1.54, 1.807) is 19.3 Å². The van der Waals surface area contributed by atoms with Gasteiger partial charge in [0.15, 0.2) is 0 Å². The molecule has 6 atom stereocenters. The summed E-state index contributed by atoms with van der Waals surface area (Å²) in [5, 5.41) is 3.83. The van der Waals surface area contributed by atoms with Gasteiger partial charge >= 0.3 is 0 Å². The van der Waals surface area contributed by atoms with E-state index in [0.717, 1.165) is 35.8 Å². The molecule has 0 aromatic heterocycles. The molecule has 1 aliphatic heterocycles. The van der Waals surface area contributed by atoms with Crippen LogP contribution in [0.15, 0.2) is 0 Å². The molecule has 114 valence electrons. The van der Waals surface area contributed by atoms with E-state index in [4.69, 9.17) is 0 Å². The normalized spacial score (nSPS) is 51.3. The summed E-state index contributed by atoms with van der Waals surface area (Å²) in [6.45, 7) is 12.1. The lowest BCUT2D eigenvalue weighted by Gasteiger charge is -2.46. The Kier molecular flexibility index (Phi) is 3.03. The van der Waals surface area contributed by atoms with Crippen molar-refractivity contribution in [2.24, 2.45) is 29.1 Å². The minimum absolute atomic E-state index is 0.389. The van der Waals surface area contributed by atoms with Gasteiger partial charge in [0.2, 0.25) is 0 Å². The van der Waals surface area contributed by atoms with Gasteiger partial charge in [0, 0.05) is 31.2 Å². The molecule has 0 radical (unpaired) electrons. The van der Waals surface area contributed by atoms with Crippen molar-refractivity contribution < 1.29 is 0 Å². The van der Waals surface area contributed by atoms with Crippen molar-refractivity contribution in [3.05, 3.63) is 0 Å². The van der Waals surface area contributed by atoms with Crippen LogP contribution in [0.2, 0.25) is 0 Å². The van der Waals surface area contributed by atoms with Crippen LogP contribution in [0, 0.1) is 29.1 Å². The summed E-state index contributed by atoms with van der Waals surface area (Å²) in [5.41, 5.74) is 0.389. The maximum Gasteiger partial charge on any atom is 0.0244 e. The number of nitrogens with zero attached hydrogens (tertiary/aromatic N) is 1. The predicted octanol–water partition coefficient (Wildman–Crippen LogP) is 3.13. The molecule has 0 aromatic rings. The highest BCUT2D eigenvalue weighted by molar-refractivity contribution is 5.19. The summed E-state index contributed by atoms with van der Waals surface area (Å²) < 4.78 is 0. The van der Waals surface area contributed by atoms with Gasteiger partial charge in [-0.15, -0.1) is 0 Å². The van der Waals surface area contributed by atoms with Crippen LogP contribution >= 0.6 is 0 Å². The van der Waals surface area contributed by atoms with E-state index < -0.39 is 0 Å². The van der Waals surface area contributed by atoms with Crippen LogP contribution in [-0.2, 0) is 0 Å². The lowest BCUT2D eigenvalue weighted by molar-refractivity contribution is 0.0630. The Morgan fingerprint density at radius 1 is 1.10 bits per heavy atom. The minimum atomic E-state index is 0.389. The van der Waals surface area contributed by atoms with E-state index in [0.29, 0.717) is 11.5 Å². The molecule has 1 N–H and O–H groups in total. The number of fused-ring (bicyclic) bond motifs is 5. The molecule has 4 rings (SSSR count). The molecule has 1 heterocycles. The van der Waals surface area contributed by atoms with Gasteiger partial charge in [0.25, 0.3) is 0 Å². The van der Waals surface area contributed by atoms with Crippen LogP contribution in [0.25, 0.3) is 0 Å². The molecule has 2 nitrogen and oxygen atoms in total. The Balaban J connectivity index is 1.50. The Bertz CT molecular complexity index is 369. The van der Waals surface area contributed by atoms with Gasteiger partial charge < -0.3 is 5.32 Å². The van der Waals surface area contributed by atoms with E-state index in [2.05, 4.69) is 37.9 Å². The van der Waals surface area contributed by atoms with Crippen molar-refractivity contribution in [3.8, 4) is 0 Å². The van der Waals surface area contributed by atoms with Gasteiger partial charge in [0.05, 0.1) is 0 Å². The lowest BCUT2D eigenvalue weighted by Crippen LogP contribution is -2.61. The zero-order valence-electron chi connectivity index (χ0n) is 13.7. The van der Waals surface area contributed by atoms with Crippen LogP contribution in [0.5, 0.6) is 0 Å². The average molecular weight is 276 g/mol. The first-order chi connectivity index (χ1) is 9.50. The molecule has 4 aliphatic rings. The van der Waals surface area contributed by atoms with Crippen LogP contribution in [0.3, 0.4) is 0 Å². The fourth-order valence-electron chi connectivity index (χ4n) is 5.87. The summed E-state index contributed by atoms with van der Waals surface area (Å²) in [5.74, 6) is 4.41. The summed E-state index contributed by atoms with van der Waals surface area (Å²) in [4.78, 5) is 2.95. The molecule has 0 spiro atoms. The van der Waals surface area contributed by atoms with Crippen LogP contribution in [0.1, 0.15) is 53.4 Å². The number of hydrogen-bond donors (Lipinski definition) is 1. The molecule has 4 fully saturated rings. The van der Waals surface area contributed by atoms with Crippen molar-refractivity contribution >= 4 is 0 Å². The van der Waals surface area contributed by atoms with Crippen molar-refractivity contribution in [2.75, 3.05) is 13.1 Å². The van der Waals surface area contributed by atoms with E-state index in [1.165, 1.54) is 19.5 Å². The molecule has 6 unspecified atom stereocenters. The van der Waals surface area contributed by atoms with Gasteiger partial charge in [-0.25, -0.2) is 0 Å². The average Bonchev–Trinajstić information content (AvgIpc) is 2.83. The number of rotatable bonds is 2. The molecule has 2 heteroatoms. The second-order valence-electron chi connectivity index (χ2n) is 9.06. The zero-order valence-corrected chi connectivity index (χ0v) is 13.7. The largest absolute Gasteiger partial charge is 0.311 e. The SMILES string of the molecule is CCC1CNC(C(C)(C)C)CN1C1C2C3CCC(C3)C21. The number of nitrogens with one attached hydrogen (secondary N) is 1. The highest BCUT2D eigenvalue weighted by Gasteiger charge is 2.67. The summed E-state index contributed by atoms with van der Waals surface area (Å²) >= 11 is 0. The van der Waals surface area contributed by atoms with Crippen LogP contribution < -0.4 is 5.32 Å². The monoisotopic (exact) mass is 276 g/mol. The molecule has 2 bridgehead atoms. The highest BCUT2D eigenvalue weighted by atomic mass is 15.3. The Morgan fingerprint density at radius 3 is 2.30 bits per heavy atom. The second kappa shape index (κ2) is 4.46. The molecule has 1 saturated heterocycles. The Labute approximate surface area is 124 Å². The van der Waals surface area contributed by atoms with Gasteiger partial charge in [-0.05, 0) is 54.8 Å². The molecule has 0 amide bonds. The van der Waals surface area contributed by atoms with Gasteiger partial charge in [0.1, 0.15) is 0 Å². The first kappa shape index (κ1) is 13.6. The smallest absolute Gasteiger partial charge is 0.0244 e. The van der Waals surface area contributed by atoms with Gasteiger partial charge in [-0.3, -0.25) is 4.90 Å². The van der Waals surface area contributed by atoms with Crippen molar-refractivity contribution in [2.45, 2.75) is 71.5 Å². The highest BCUT2D eigenvalue weighted by Crippen LogP contribution is 2.67. The van der Waals surface area contributed by atoms with E-state index in [-0.39, 0.29) is 0 Å². The molecule has 0 aromatic carbocycles. The summed E-state index contributed by atoms with van der Waals surface area (Å²) in [6, 6.07) is 2.44. The fraction of sp³-hybridized carbons (Fsp3) is 1.00. The third-order valence-electron chi connectivity index (χ3n) is 7.06. The van der Waals surface area contributed by atoms with Crippen molar-refractivity contribution in [1.82, 2.24) is 10.2 Å². The van der Waals surface area contributed by atoms with E-state index in [1.807, 2.05) is 0 Å². The molecule has 3 saturated carbocycles. The fourth-order valence-corrected chi connectivity index (χ4v) is 5.87. The van der Waals surface area contributed by atoms with Crippen molar-refractivity contribution in [3.63, 3.8) is 0 Å². The third kappa shape index (κ3) is 1.90. The van der Waals surface area contributed by atoms with Gasteiger partial charge in [-0.1, -0.05) is 27.7 Å². The van der Waals surface area contributed by atoms with Crippen molar-refractivity contribution in [1.29, 1.82) is 0 Å².